The first-order valence-corrected chi connectivity index (χ1v) is 6.92. The van der Waals surface area contributed by atoms with E-state index >= 15 is 0 Å². The van der Waals surface area contributed by atoms with Crippen LogP contribution in [0.4, 0.5) is 0 Å². The van der Waals surface area contributed by atoms with Crippen LogP contribution in [0.3, 0.4) is 0 Å². The molecule has 96 valence electrons. The number of nitriles is 1. The van der Waals surface area contributed by atoms with Gasteiger partial charge in [0.1, 0.15) is 5.54 Å². The molecule has 0 unspecified atom stereocenters. The van der Waals surface area contributed by atoms with Gasteiger partial charge in [0.05, 0.1) is 6.07 Å². The third kappa shape index (κ3) is 2.57. The molecule has 2 heteroatoms. The van der Waals surface area contributed by atoms with Crippen LogP contribution in [0.15, 0.2) is 30.3 Å². The van der Waals surface area contributed by atoms with E-state index in [1.807, 2.05) is 6.07 Å². The molecule has 1 aliphatic rings. The van der Waals surface area contributed by atoms with E-state index in [0.717, 1.165) is 19.3 Å². The normalized spacial score (nSPS) is 29.5. The molecule has 1 fully saturated rings. The zero-order chi connectivity index (χ0) is 13.0. The fourth-order valence-corrected chi connectivity index (χ4v) is 2.97. The Morgan fingerprint density at radius 3 is 2.67 bits per heavy atom. The van der Waals surface area contributed by atoms with Crippen LogP contribution in [0.1, 0.15) is 51.1 Å². The highest BCUT2D eigenvalue weighted by atomic mass is 15.0. The van der Waals surface area contributed by atoms with Crippen LogP contribution in [0.25, 0.3) is 0 Å². The van der Waals surface area contributed by atoms with Gasteiger partial charge in [-0.2, -0.15) is 5.26 Å². The van der Waals surface area contributed by atoms with Crippen molar-refractivity contribution in [3.8, 4) is 6.07 Å². The van der Waals surface area contributed by atoms with E-state index in [2.05, 4.69) is 49.5 Å². The molecule has 1 saturated carbocycles. The van der Waals surface area contributed by atoms with Crippen LogP contribution < -0.4 is 5.32 Å². The van der Waals surface area contributed by atoms with Gasteiger partial charge in [-0.1, -0.05) is 50.1 Å². The summed E-state index contributed by atoms with van der Waals surface area (Å²) in [4.78, 5) is 0. The lowest BCUT2D eigenvalue weighted by Crippen LogP contribution is -2.51. The molecule has 3 atom stereocenters. The molecule has 0 bridgehead atoms. The summed E-state index contributed by atoms with van der Waals surface area (Å²) < 4.78 is 0. The molecule has 18 heavy (non-hydrogen) atoms. The summed E-state index contributed by atoms with van der Waals surface area (Å²) in [7, 11) is 0. The molecule has 1 N–H and O–H groups in total. The van der Waals surface area contributed by atoms with Gasteiger partial charge in [0, 0.05) is 6.04 Å². The second-order valence-corrected chi connectivity index (χ2v) is 5.51. The Morgan fingerprint density at radius 1 is 1.33 bits per heavy atom. The molecule has 1 aromatic rings. The van der Waals surface area contributed by atoms with Crippen LogP contribution in [0.2, 0.25) is 0 Å². The van der Waals surface area contributed by atoms with Gasteiger partial charge in [-0.05, 0) is 31.2 Å². The monoisotopic (exact) mass is 242 g/mol. The first-order valence-electron chi connectivity index (χ1n) is 6.92. The van der Waals surface area contributed by atoms with E-state index in [1.54, 1.807) is 0 Å². The Kier molecular flexibility index (Phi) is 4.04. The molecule has 0 radical (unpaired) electrons. The predicted octanol–water partition coefficient (Wildman–Crippen LogP) is 3.81. The largest absolute Gasteiger partial charge is 0.293 e. The fourth-order valence-electron chi connectivity index (χ4n) is 2.97. The zero-order valence-electron chi connectivity index (χ0n) is 11.3. The molecule has 1 aliphatic carbocycles. The maximum atomic E-state index is 9.60. The Balaban J connectivity index is 2.13. The summed E-state index contributed by atoms with van der Waals surface area (Å²) >= 11 is 0. The molecule has 0 amide bonds. The lowest BCUT2D eigenvalue weighted by molar-refractivity contribution is 0.196. The smallest absolute Gasteiger partial charge is 0.109 e. The third-order valence-corrected chi connectivity index (χ3v) is 4.27. The Morgan fingerprint density at radius 2 is 2.06 bits per heavy atom. The highest BCUT2D eigenvalue weighted by Gasteiger charge is 2.39. The van der Waals surface area contributed by atoms with Gasteiger partial charge in [-0.25, -0.2) is 0 Å². The molecule has 2 rings (SSSR count). The van der Waals surface area contributed by atoms with Gasteiger partial charge in [0.15, 0.2) is 0 Å². The van der Waals surface area contributed by atoms with E-state index in [-0.39, 0.29) is 11.6 Å². The van der Waals surface area contributed by atoms with Gasteiger partial charge in [-0.15, -0.1) is 0 Å². The van der Waals surface area contributed by atoms with Crippen molar-refractivity contribution >= 4 is 0 Å². The Bertz CT molecular complexity index is 420. The van der Waals surface area contributed by atoms with E-state index in [0.29, 0.717) is 5.92 Å². The van der Waals surface area contributed by atoms with E-state index < -0.39 is 0 Å². The van der Waals surface area contributed by atoms with Crippen LogP contribution in [-0.2, 0) is 0 Å². The van der Waals surface area contributed by atoms with Crippen molar-refractivity contribution in [1.29, 1.82) is 5.26 Å². The second kappa shape index (κ2) is 5.54. The second-order valence-electron chi connectivity index (χ2n) is 5.51. The fraction of sp³-hybridized carbons (Fsp3) is 0.562. The number of nitrogens with zero attached hydrogens (tertiary/aromatic N) is 1. The SMILES string of the molecule is C[C@H](N[C@@]1(C#N)CCCC[C@@H]1C)c1ccccc1. The minimum Gasteiger partial charge on any atom is -0.293 e. The minimum atomic E-state index is -0.340. The molecule has 2 nitrogen and oxygen atoms in total. The van der Waals surface area contributed by atoms with Crippen molar-refractivity contribution in [2.24, 2.45) is 5.92 Å². The van der Waals surface area contributed by atoms with Gasteiger partial charge in [0.2, 0.25) is 0 Å². The summed E-state index contributed by atoms with van der Waals surface area (Å²) in [5, 5.41) is 13.2. The maximum absolute atomic E-state index is 9.60. The Labute approximate surface area is 110 Å². The standard InChI is InChI=1S/C16H22N2/c1-13-8-6-7-11-16(13,12-17)18-14(2)15-9-4-3-5-10-15/h3-5,9-10,13-14,18H,6-8,11H2,1-2H3/t13-,14-,16+/m0/s1. The number of rotatable bonds is 3. The molecule has 0 saturated heterocycles. The molecule has 0 spiro atoms. The molecule has 0 heterocycles. The Hall–Kier alpha value is -1.33. The van der Waals surface area contributed by atoms with Crippen molar-refractivity contribution in [2.75, 3.05) is 0 Å². The quantitative estimate of drug-likeness (QED) is 0.875. The summed E-state index contributed by atoms with van der Waals surface area (Å²) in [6, 6.07) is 13.2. The average Bonchev–Trinajstić information content (AvgIpc) is 2.42. The minimum absolute atomic E-state index is 0.228. The van der Waals surface area contributed by atoms with Crippen molar-refractivity contribution in [3.63, 3.8) is 0 Å². The number of benzene rings is 1. The topological polar surface area (TPSA) is 35.8 Å². The molecule has 0 aliphatic heterocycles. The van der Waals surface area contributed by atoms with Gasteiger partial charge in [-0.3, -0.25) is 5.32 Å². The molecule has 1 aromatic carbocycles. The van der Waals surface area contributed by atoms with Crippen molar-refractivity contribution in [3.05, 3.63) is 35.9 Å². The zero-order valence-corrected chi connectivity index (χ0v) is 11.3. The molecular formula is C16H22N2. The van der Waals surface area contributed by atoms with E-state index in [1.165, 1.54) is 12.0 Å². The number of hydrogen-bond acceptors (Lipinski definition) is 2. The first-order chi connectivity index (χ1) is 8.68. The molecule has 0 aromatic heterocycles. The van der Waals surface area contributed by atoms with Gasteiger partial charge >= 0.3 is 0 Å². The average molecular weight is 242 g/mol. The number of hydrogen-bond donors (Lipinski definition) is 1. The highest BCUT2D eigenvalue weighted by molar-refractivity contribution is 5.21. The summed E-state index contributed by atoms with van der Waals surface area (Å²) in [6.45, 7) is 4.35. The first kappa shape index (κ1) is 13.1. The van der Waals surface area contributed by atoms with Crippen molar-refractivity contribution in [1.82, 2.24) is 5.32 Å². The van der Waals surface area contributed by atoms with Gasteiger partial charge < -0.3 is 0 Å². The summed E-state index contributed by atoms with van der Waals surface area (Å²) in [6.07, 6.45) is 4.54. The van der Waals surface area contributed by atoms with Gasteiger partial charge in [0.25, 0.3) is 0 Å². The van der Waals surface area contributed by atoms with Crippen LogP contribution >= 0.6 is 0 Å². The third-order valence-electron chi connectivity index (χ3n) is 4.27. The number of nitrogens with one attached hydrogen (secondary N) is 1. The molecular weight excluding hydrogens is 220 g/mol. The lowest BCUT2D eigenvalue weighted by Gasteiger charge is -2.40. The van der Waals surface area contributed by atoms with Crippen LogP contribution in [0, 0.1) is 17.2 Å². The summed E-state index contributed by atoms with van der Waals surface area (Å²) in [5.74, 6) is 0.433. The van der Waals surface area contributed by atoms with Crippen molar-refractivity contribution in [2.45, 2.75) is 51.1 Å². The predicted molar refractivity (Wildman–Crippen MR) is 74.0 cm³/mol. The summed E-state index contributed by atoms with van der Waals surface area (Å²) in [5.41, 5.74) is 0.915. The van der Waals surface area contributed by atoms with E-state index in [9.17, 15) is 5.26 Å². The van der Waals surface area contributed by atoms with Crippen molar-refractivity contribution < 1.29 is 0 Å². The lowest BCUT2D eigenvalue weighted by atomic mass is 9.74. The maximum Gasteiger partial charge on any atom is 0.109 e. The van der Waals surface area contributed by atoms with E-state index in [4.69, 9.17) is 0 Å². The van der Waals surface area contributed by atoms with Crippen LogP contribution in [0.5, 0.6) is 0 Å². The van der Waals surface area contributed by atoms with Crippen LogP contribution in [-0.4, -0.2) is 5.54 Å². The highest BCUT2D eigenvalue weighted by Crippen LogP contribution is 2.35.